The van der Waals surface area contributed by atoms with E-state index in [1.165, 1.54) is 38.5 Å². The maximum absolute atomic E-state index is 5.87. The summed E-state index contributed by atoms with van der Waals surface area (Å²) in [6.07, 6.45) is 8.34. The van der Waals surface area contributed by atoms with Crippen LogP contribution in [0.1, 0.15) is 67.7 Å². The number of rotatable bonds is 0. The molecular formula is C18H41N3. The van der Waals surface area contributed by atoms with E-state index in [0.29, 0.717) is 6.04 Å². The average Bonchev–Trinajstić information content (AvgIpc) is 3.02. The fourth-order valence-corrected chi connectivity index (χ4v) is 4.91. The number of hydrogen-bond acceptors (Lipinski definition) is 3. The monoisotopic (exact) mass is 299 g/mol. The van der Waals surface area contributed by atoms with Crippen molar-refractivity contribution in [3.63, 3.8) is 0 Å². The standard InChI is InChI=1S/C8H15N.C7H14N2.3CH4/c1-6-5-7-3-4-8(6)9(7)2;1-9-5-2-3-7(9)6(8)4-5;;;/h6-8H,3-5H2,1-2H3;5-7H,2-4,8H2,1H3;3*1H4/t6-,7-,8+;5-,6-,7+;;;/m10.../s1. The molecule has 0 aromatic heterocycles. The molecule has 0 aliphatic carbocycles. The molecule has 0 unspecified atom stereocenters. The van der Waals surface area contributed by atoms with E-state index in [2.05, 4.69) is 30.8 Å². The molecule has 4 aliphatic heterocycles. The predicted octanol–water partition coefficient (Wildman–Crippen LogP) is 3.58. The Labute approximate surface area is 134 Å². The van der Waals surface area contributed by atoms with Gasteiger partial charge in [-0.05, 0) is 58.5 Å². The average molecular weight is 300 g/mol. The maximum Gasteiger partial charge on any atom is 0.0248 e. The fraction of sp³-hybridized carbons (Fsp3) is 1.00. The number of nitrogens with zero attached hydrogens (tertiary/aromatic N) is 2. The smallest absolute Gasteiger partial charge is 0.0248 e. The van der Waals surface area contributed by atoms with Crippen LogP contribution in [-0.4, -0.2) is 54.1 Å². The zero-order chi connectivity index (χ0) is 12.9. The lowest BCUT2D eigenvalue weighted by atomic mass is 9.91. The van der Waals surface area contributed by atoms with Gasteiger partial charge in [-0.25, -0.2) is 0 Å². The van der Waals surface area contributed by atoms with Gasteiger partial charge in [-0.2, -0.15) is 0 Å². The minimum atomic E-state index is 0. The Kier molecular flexibility index (Phi) is 7.89. The Balaban J connectivity index is 0.000000333. The van der Waals surface area contributed by atoms with E-state index in [1.807, 2.05) is 0 Å². The molecule has 21 heavy (non-hydrogen) atoms. The molecule has 4 bridgehead atoms. The molecule has 4 saturated heterocycles. The molecule has 0 amide bonds. The summed E-state index contributed by atoms with van der Waals surface area (Å²) in [7, 11) is 4.49. The first-order valence-electron chi connectivity index (χ1n) is 7.77. The van der Waals surface area contributed by atoms with Gasteiger partial charge in [0.2, 0.25) is 0 Å². The normalized spacial score (nSPS) is 43.4. The van der Waals surface area contributed by atoms with Crippen molar-refractivity contribution < 1.29 is 0 Å². The van der Waals surface area contributed by atoms with Gasteiger partial charge in [-0.1, -0.05) is 29.2 Å². The first kappa shape index (κ1) is 20.9. The van der Waals surface area contributed by atoms with Crippen molar-refractivity contribution >= 4 is 0 Å². The lowest BCUT2D eigenvalue weighted by Crippen LogP contribution is -2.34. The summed E-state index contributed by atoms with van der Waals surface area (Å²) in [5.74, 6) is 0.980. The second-order valence-electron chi connectivity index (χ2n) is 7.04. The lowest BCUT2D eigenvalue weighted by molar-refractivity contribution is 0.296. The summed E-state index contributed by atoms with van der Waals surface area (Å²) in [5, 5.41) is 0. The third kappa shape index (κ3) is 3.62. The summed E-state index contributed by atoms with van der Waals surface area (Å²) >= 11 is 0. The Hall–Kier alpha value is -0.120. The number of fused-ring (bicyclic) bond motifs is 4. The van der Waals surface area contributed by atoms with Crippen LogP contribution in [0.15, 0.2) is 0 Å². The minimum absolute atomic E-state index is 0. The lowest BCUT2D eigenvalue weighted by Gasteiger charge is -2.16. The van der Waals surface area contributed by atoms with Crippen LogP contribution in [0.25, 0.3) is 0 Å². The zero-order valence-electron chi connectivity index (χ0n) is 12.2. The molecule has 4 fully saturated rings. The summed E-state index contributed by atoms with van der Waals surface area (Å²) < 4.78 is 0. The Morgan fingerprint density at radius 3 is 1.38 bits per heavy atom. The van der Waals surface area contributed by atoms with Gasteiger partial charge >= 0.3 is 0 Å². The van der Waals surface area contributed by atoms with Crippen molar-refractivity contribution in [3.8, 4) is 0 Å². The molecule has 0 radical (unpaired) electrons. The summed E-state index contributed by atoms with van der Waals surface area (Å²) in [6, 6.07) is 3.91. The summed E-state index contributed by atoms with van der Waals surface area (Å²) in [4.78, 5) is 5.02. The molecule has 4 rings (SSSR count). The molecule has 3 nitrogen and oxygen atoms in total. The molecule has 2 N–H and O–H groups in total. The molecule has 0 aromatic carbocycles. The first-order chi connectivity index (χ1) is 8.58. The van der Waals surface area contributed by atoms with Crippen LogP contribution >= 0.6 is 0 Å². The minimum Gasteiger partial charge on any atom is -0.326 e. The molecule has 6 atom stereocenters. The second-order valence-corrected chi connectivity index (χ2v) is 7.04. The van der Waals surface area contributed by atoms with Gasteiger partial charge in [0, 0.05) is 30.2 Å². The van der Waals surface area contributed by atoms with Crippen LogP contribution in [0.4, 0.5) is 0 Å². The van der Waals surface area contributed by atoms with E-state index < -0.39 is 0 Å². The van der Waals surface area contributed by atoms with E-state index in [4.69, 9.17) is 5.73 Å². The van der Waals surface area contributed by atoms with E-state index in [9.17, 15) is 0 Å². The second kappa shape index (κ2) is 7.94. The third-order valence-corrected chi connectivity index (χ3v) is 6.13. The largest absolute Gasteiger partial charge is 0.326 e. The van der Waals surface area contributed by atoms with Crippen LogP contribution in [-0.2, 0) is 0 Å². The van der Waals surface area contributed by atoms with E-state index in [-0.39, 0.29) is 22.3 Å². The van der Waals surface area contributed by atoms with Crippen LogP contribution in [0.3, 0.4) is 0 Å². The fourth-order valence-electron chi connectivity index (χ4n) is 4.91. The van der Waals surface area contributed by atoms with Crippen molar-refractivity contribution in [1.29, 1.82) is 0 Å². The van der Waals surface area contributed by atoms with Gasteiger partial charge in [-0.15, -0.1) is 0 Å². The first-order valence-corrected chi connectivity index (χ1v) is 7.77. The maximum atomic E-state index is 5.87. The summed E-state index contributed by atoms with van der Waals surface area (Å²) in [6.45, 7) is 2.39. The van der Waals surface area contributed by atoms with Gasteiger partial charge in [0.05, 0.1) is 0 Å². The molecule has 0 aromatic rings. The van der Waals surface area contributed by atoms with Gasteiger partial charge in [0.15, 0.2) is 0 Å². The van der Waals surface area contributed by atoms with Crippen LogP contribution in [0, 0.1) is 5.92 Å². The molecule has 0 saturated carbocycles. The van der Waals surface area contributed by atoms with Crippen molar-refractivity contribution in [2.24, 2.45) is 11.7 Å². The number of nitrogens with two attached hydrogens (primary N) is 1. The molecule has 3 heteroatoms. The number of hydrogen-bond donors (Lipinski definition) is 1. The SMILES string of the molecule is C.C.C.CN1[C@H]2CC[C@@H]1[C@@H](N)C2.C[C@@H]1C[C@H]2CC[C@@H]1N2C. The van der Waals surface area contributed by atoms with Crippen LogP contribution < -0.4 is 5.73 Å². The third-order valence-electron chi connectivity index (χ3n) is 6.13. The van der Waals surface area contributed by atoms with E-state index >= 15 is 0 Å². The van der Waals surface area contributed by atoms with E-state index in [1.54, 1.807) is 0 Å². The quantitative estimate of drug-likeness (QED) is 0.742. The van der Waals surface area contributed by atoms with Crippen molar-refractivity contribution in [2.75, 3.05) is 14.1 Å². The van der Waals surface area contributed by atoms with Gasteiger partial charge in [0.1, 0.15) is 0 Å². The van der Waals surface area contributed by atoms with Crippen LogP contribution in [0.2, 0.25) is 0 Å². The molecule has 4 aliphatic rings. The molecule has 128 valence electrons. The Morgan fingerprint density at radius 1 is 0.762 bits per heavy atom. The highest BCUT2D eigenvalue weighted by molar-refractivity contribution is 5.00. The molecule has 0 spiro atoms. The van der Waals surface area contributed by atoms with Crippen molar-refractivity contribution in [1.82, 2.24) is 9.80 Å². The molecule has 4 heterocycles. The van der Waals surface area contributed by atoms with Gasteiger partial charge in [0.25, 0.3) is 0 Å². The molecular weight excluding hydrogens is 258 g/mol. The Bertz CT molecular complexity index is 277. The van der Waals surface area contributed by atoms with Crippen molar-refractivity contribution in [2.45, 2.75) is 97.9 Å². The highest BCUT2D eigenvalue weighted by Gasteiger charge is 2.42. The van der Waals surface area contributed by atoms with E-state index in [0.717, 1.165) is 30.1 Å². The topological polar surface area (TPSA) is 32.5 Å². The van der Waals surface area contributed by atoms with Gasteiger partial charge in [-0.3, -0.25) is 4.90 Å². The zero-order valence-corrected chi connectivity index (χ0v) is 12.2. The van der Waals surface area contributed by atoms with Gasteiger partial charge < -0.3 is 10.6 Å². The highest BCUT2D eigenvalue weighted by Crippen LogP contribution is 2.39. The van der Waals surface area contributed by atoms with Crippen LogP contribution in [0.5, 0.6) is 0 Å². The summed E-state index contributed by atoms with van der Waals surface area (Å²) in [5.41, 5.74) is 5.87. The predicted molar refractivity (Wildman–Crippen MR) is 95.7 cm³/mol. The number of likely N-dealkylation sites (N-methyl/N-ethyl adjacent to an activating group) is 1. The highest BCUT2D eigenvalue weighted by atomic mass is 15.2. The Morgan fingerprint density at radius 2 is 1.24 bits per heavy atom. The van der Waals surface area contributed by atoms with Crippen molar-refractivity contribution in [3.05, 3.63) is 0 Å².